The fourth-order valence-electron chi connectivity index (χ4n) is 3.34. The normalized spacial score (nSPS) is 18.8. The molecule has 24 heavy (non-hydrogen) atoms. The fraction of sp³-hybridized carbons (Fsp3) is 0.556. The molecule has 0 atom stereocenters. The third kappa shape index (κ3) is 5.36. The van der Waals surface area contributed by atoms with Crippen molar-refractivity contribution in [3.63, 3.8) is 0 Å². The summed E-state index contributed by atoms with van der Waals surface area (Å²) in [5, 5.41) is 3.30. The van der Waals surface area contributed by atoms with E-state index in [0.717, 1.165) is 18.5 Å². The number of nitrogens with one attached hydrogen (secondary N) is 1. The van der Waals surface area contributed by atoms with Crippen molar-refractivity contribution in [1.82, 2.24) is 10.2 Å². The maximum absolute atomic E-state index is 11.7. The highest BCUT2D eigenvalue weighted by Gasteiger charge is 2.19. The van der Waals surface area contributed by atoms with Gasteiger partial charge in [0, 0.05) is 25.6 Å². The number of likely N-dealkylation sites (tertiary alicyclic amines) is 1. The molecule has 2 aliphatic rings. The van der Waals surface area contributed by atoms with E-state index in [1.165, 1.54) is 31.2 Å². The molecule has 0 spiro atoms. The third-order valence-electron chi connectivity index (χ3n) is 4.71. The molecule has 1 saturated carbocycles. The second kappa shape index (κ2) is 9.25. The lowest BCUT2D eigenvalue weighted by Crippen LogP contribution is -2.38. The van der Waals surface area contributed by atoms with Gasteiger partial charge < -0.3 is 16.0 Å². The highest BCUT2D eigenvalue weighted by molar-refractivity contribution is 14.0. The molecule has 0 radical (unpaired) electrons. The van der Waals surface area contributed by atoms with Crippen LogP contribution in [0.15, 0.2) is 29.3 Å². The molecule has 1 amide bonds. The highest BCUT2D eigenvalue weighted by Crippen LogP contribution is 2.17. The third-order valence-corrected chi connectivity index (χ3v) is 4.71. The van der Waals surface area contributed by atoms with Gasteiger partial charge in [0.15, 0.2) is 5.96 Å². The topological polar surface area (TPSA) is 70.7 Å². The molecule has 1 aliphatic heterocycles. The summed E-state index contributed by atoms with van der Waals surface area (Å²) < 4.78 is 0. The van der Waals surface area contributed by atoms with Crippen LogP contribution in [0.5, 0.6) is 0 Å². The van der Waals surface area contributed by atoms with Gasteiger partial charge in [0.05, 0.1) is 6.54 Å². The Bertz CT molecular complexity index is 567. The van der Waals surface area contributed by atoms with Gasteiger partial charge in [-0.2, -0.15) is 0 Å². The van der Waals surface area contributed by atoms with E-state index in [2.05, 4.69) is 34.6 Å². The van der Waals surface area contributed by atoms with E-state index in [1.54, 1.807) is 0 Å². The van der Waals surface area contributed by atoms with Gasteiger partial charge in [0.1, 0.15) is 0 Å². The van der Waals surface area contributed by atoms with Crippen molar-refractivity contribution in [3.05, 3.63) is 35.4 Å². The molecule has 1 aliphatic carbocycles. The Kier molecular flexibility index (Phi) is 7.33. The van der Waals surface area contributed by atoms with Crippen molar-refractivity contribution in [2.24, 2.45) is 10.7 Å². The SMILES string of the molecule is I.NC(=NCc1ccc(CN2CCCC2=O)cc1)NC1CCCC1. The van der Waals surface area contributed by atoms with Crippen molar-refractivity contribution in [2.45, 2.75) is 57.7 Å². The first-order valence-corrected chi connectivity index (χ1v) is 8.63. The Labute approximate surface area is 161 Å². The standard InChI is InChI=1S/C18H26N4O.HI/c19-18(21-16-4-1-2-5-16)20-12-14-7-9-15(10-8-14)13-22-11-3-6-17(22)23;/h7-10,16H,1-6,11-13H2,(H3,19,20,21);1H. The first-order valence-electron chi connectivity index (χ1n) is 8.63. The predicted molar refractivity (Wildman–Crippen MR) is 107 cm³/mol. The summed E-state index contributed by atoms with van der Waals surface area (Å²) in [5.41, 5.74) is 8.26. The molecule has 132 valence electrons. The zero-order valence-electron chi connectivity index (χ0n) is 14.0. The van der Waals surface area contributed by atoms with E-state index in [0.29, 0.717) is 31.5 Å². The molecule has 1 aromatic rings. The molecule has 0 unspecified atom stereocenters. The van der Waals surface area contributed by atoms with Crippen molar-refractivity contribution < 1.29 is 4.79 Å². The Morgan fingerprint density at radius 1 is 1.17 bits per heavy atom. The number of rotatable bonds is 5. The Morgan fingerprint density at radius 3 is 2.46 bits per heavy atom. The molecule has 2 fully saturated rings. The molecule has 1 aromatic carbocycles. The number of nitrogens with zero attached hydrogens (tertiary/aromatic N) is 2. The summed E-state index contributed by atoms with van der Waals surface area (Å²) in [6, 6.07) is 8.80. The quantitative estimate of drug-likeness (QED) is 0.419. The average molecular weight is 442 g/mol. The van der Waals surface area contributed by atoms with Gasteiger partial charge in [-0.3, -0.25) is 4.79 Å². The number of aliphatic imine (C=N–C) groups is 1. The minimum Gasteiger partial charge on any atom is -0.370 e. The van der Waals surface area contributed by atoms with Gasteiger partial charge in [-0.15, -0.1) is 24.0 Å². The van der Waals surface area contributed by atoms with Crippen LogP contribution in [0.2, 0.25) is 0 Å². The predicted octanol–water partition coefficient (Wildman–Crippen LogP) is 2.77. The molecule has 3 rings (SSSR count). The zero-order chi connectivity index (χ0) is 16.1. The van der Waals surface area contributed by atoms with Gasteiger partial charge in [-0.1, -0.05) is 37.1 Å². The Morgan fingerprint density at radius 2 is 1.83 bits per heavy atom. The number of guanidine groups is 1. The number of hydrogen-bond donors (Lipinski definition) is 2. The maximum atomic E-state index is 11.7. The fourth-order valence-corrected chi connectivity index (χ4v) is 3.34. The van der Waals surface area contributed by atoms with Gasteiger partial charge >= 0.3 is 0 Å². The van der Waals surface area contributed by atoms with E-state index in [4.69, 9.17) is 5.73 Å². The van der Waals surface area contributed by atoms with E-state index >= 15 is 0 Å². The summed E-state index contributed by atoms with van der Waals surface area (Å²) in [6.45, 7) is 2.19. The molecule has 0 aromatic heterocycles. The van der Waals surface area contributed by atoms with Gasteiger partial charge in [-0.25, -0.2) is 4.99 Å². The van der Waals surface area contributed by atoms with Crippen LogP contribution < -0.4 is 11.1 Å². The smallest absolute Gasteiger partial charge is 0.222 e. The van der Waals surface area contributed by atoms with Crippen LogP contribution in [0.3, 0.4) is 0 Å². The molecule has 1 heterocycles. The second-order valence-corrected chi connectivity index (χ2v) is 6.56. The van der Waals surface area contributed by atoms with Crippen LogP contribution in [0.25, 0.3) is 0 Å². The monoisotopic (exact) mass is 442 g/mol. The van der Waals surface area contributed by atoms with E-state index in [9.17, 15) is 4.79 Å². The number of benzene rings is 1. The Hall–Kier alpha value is -1.31. The second-order valence-electron chi connectivity index (χ2n) is 6.56. The Balaban J connectivity index is 0.00000208. The first-order chi connectivity index (χ1) is 11.2. The number of nitrogens with two attached hydrogens (primary N) is 1. The lowest BCUT2D eigenvalue weighted by atomic mass is 10.1. The molecule has 1 saturated heterocycles. The first kappa shape index (κ1) is 19.0. The number of carbonyl (C=O) groups excluding carboxylic acids is 1. The molecular formula is C18H27IN4O. The van der Waals surface area contributed by atoms with Gasteiger partial charge in [0.25, 0.3) is 0 Å². The number of halogens is 1. The molecule has 3 N–H and O–H groups in total. The van der Waals surface area contributed by atoms with E-state index in [-0.39, 0.29) is 29.9 Å². The minimum absolute atomic E-state index is 0. The minimum atomic E-state index is 0. The highest BCUT2D eigenvalue weighted by atomic mass is 127. The molecule has 0 bridgehead atoms. The maximum Gasteiger partial charge on any atom is 0.222 e. The lowest BCUT2D eigenvalue weighted by Gasteiger charge is -2.15. The van der Waals surface area contributed by atoms with Crippen LogP contribution in [-0.2, 0) is 17.9 Å². The molecule has 5 nitrogen and oxygen atoms in total. The van der Waals surface area contributed by atoms with Crippen molar-refractivity contribution >= 4 is 35.8 Å². The van der Waals surface area contributed by atoms with Crippen LogP contribution in [0.4, 0.5) is 0 Å². The van der Waals surface area contributed by atoms with Crippen LogP contribution in [0.1, 0.15) is 49.7 Å². The largest absolute Gasteiger partial charge is 0.370 e. The zero-order valence-corrected chi connectivity index (χ0v) is 16.4. The lowest BCUT2D eigenvalue weighted by molar-refractivity contribution is -0.128. The van der Waals surface area contributed by atoms with Gasteiger partial charge in [-0.05, 0) is 30.4 Å². The summed E-state index contributed by atoms with van der Waals surface area (Å²) >= 11 is 0. The van der Waals surface area contributed by atoms with Gasteiger partial charge in [0.2, 0.25) is 5.91 Å². The molecule has 6 heteroatoms. The number of amides is 1. The average Bonchev–Trinajstić information content (AvgIpc) is 3.19. The van der Waals surface area contributed by atoms with Crippen LogP contribution in [-0.4, -0.2) is 29.4 Å². The van der Waals surface area contributed by atoms with Crippen LogP contribution >= 0.6 is 24.0 Å². The van der Waals surface area contributed by atoms with Crippen molar-refractivity contribution in [3.8, 4) is 0 Å². The van der Waals surface area contributed by atoms with Crippen molar-refractivity contribution in [2.75, 3.05) is 6.54 Å². The number of carbonyl (C=O) groups is 1. The van der Waals surface area contributed by atoms with E-state index < -0.39 is 0 Å². The van der Waals surface area contributed by atoms with Crippen LogP contribution in [0, 0.1) is 0 Å². The summed E-state index contributed by atoms with van der Waals surface area (Å²) in [6.07, 6.45) is 6.64. The summed E-state index contributed by atoms with van der Waals surface area (Å²) in [4.78, 5) is 18.0. The van der Waals surface area contributed by atoms with Crippen molar-refractivity contribution in [1.29, 1.82) is 0 Å². The summed E-state index contributed by atoms with van der Waals surface area (Å²) in [7, 11) is 0. The summed E-state index contributed by atoms with van der Waals surface area (Å²) in [5.74, 6) is 0.813. The van der Waals surface area contributed by atoms with E-state index in [1.807, 2.05) is 4.90 Å². The number of hydrogen-bond acceptors (Lipinski definition) is 2. The molecular weight excluding hydrogens is 415 g/mol.